The standard InChI is InChI=1S/C75H83N7O19/c1-8-37-93-39-40-94-38-36-82(50-29-33-80(34-30-50)63(86)31-35-81-51(41-48-18-17-32-76-69(48)81)43-78(5)79(6)74(90)95-44-61-56-23-11-9-19-52(56)53-20-10-12-24-57(53)61)75(91)101-70(64-58-25-15-13-21-54(58)55-22-14-16-26-59(55)64)77-49-27-28-60(71(87)88)62(42-49)99-73-68(98-47(4)85)66(97-46(3)84)65(96-45(2)83)67(100-73)72(89)92-7/h9-28,32,41-42,50,61,64-68,70,73,77H,8,29-31,33-40,43-44H2,1-7H3,(H,87,88)/t65-,66-,67-,68+,70?,73+/m0/s1. The number of benzene rings is 5. The van der Waals surface area contributed by atoms with Crippen molar-refractivity contribution in [2.75, 3.05) is 79.2 Å². The molecule has 7 aromatic rings. The molecule has 2 fully saturated rings. The highest BCUT2D eigenvalue weighted by atomic mass is 16.7. The van der Waals surface area contributed by atoms with Gasteiger partial charge in [-0.3, -0.25) is 19.2 Å². The van der Waals surface area contributed by atoms with Crippen LogP contribution in [0.15, 0.2) is 140 Å². The van der Waals surface area contributed by atoms with Crippen LogP contribution in [0, 0.1) is 0 Å². The molecule has 26 heteroatoms. The smallest absolute Gasteiger partial charge is 0.424 e. The molecule has 5 aromatic carbocycles. The number of methoxy groups -OCH3 is 1. The van der Waals surface area contributed by atoms with Crippen LogP contribution in [0.2, 0.25) is 0 Å². The molecule has 4 heterocycles. The Morgan fingerprint density at radius 3 is 1.87 bits per heavy atom. The molecule has 3 amide bonds. The molecule has 26 nitrogen and oxygen atoms in total. The number of hydrogen-bond donors (Lipinski definition) is 2. The second-order valence-electron chi connectivity index (χ2n) is 25.0. The van der Waals surface area contributed by atoms with E-state index in [0.29, 0.717) is 44.8 Å². The van der Waals surface area contributed by atoms with Crippen LogP contribution >= 0.6 is 0 Å². The van der Waals surface area contributed by atoms with Gasteiger partial charge in [0.1, 0.15) is 23.6 Å². The van der Waals surface area contributed by atoms with Gasteiger partial charge in [0.2, 0.25) is 18.3 Å². The van der Waals surface area contributed by atoms with Gasteiger partial charge in [0.15, 0.2) is 24.5 Å². The maximum atomic E-state index is 15.4. The van der Waals surface area contributed by atoms with E-state index in [2.05, 4.69) is 29.6 Å². The van der Waals surface area contributed by atoms with Crippen molar-refractivity contribution < 1.29 is 90.8 Å². The summed E-state index contributed by atoms with van der Waals surface area (Å²) in [5.74, 6) is -6.69. The maximum Gasteiger partial charge on any atom is 0.424 e. The number of carboxylic acids is 1. The monoisotopic (exact) mass is 1390 g/mol. The van der Waals surface area contributed by atoms with Crippen LogP contribution < -0.4 is 10.1 Å². The number of anilines is 1. The molecule has 11 rings (SSSR count). The summed E-state index contributed by atoms with van der Waals surface area (Å²) in [6.45, 7) is 7.83. The van der Waals surface area contributed by atoms with Gasteiger partial charge in [-0.1, -0.05) is 104 Å². The SMILES string of the molecule is CCCOCCOCCN(C(=O)OC(Nc1ccc(C(=O)O)c(O[C@@H]2O[C@H](C(=O)OC)[C@@H](OC(C)=O)[C@H](OC(C)=O)[C@H]2OC(C)=O)c1)C1c2ccccc2-c2ccccc21)C1CCN(C(=O)CCn2c(CN(C)N(C)C(=O)OCC3c4ccccc4-c4ccccc43)cc3cccnc32)CC1. The Morgan fingerprint density at radius 1 is 0.683 bits per heavy atom. The number of aromatic nitrogens is 2. The number of esters is 4. The highest BCUT2D eigenvalue weighted by molar-refractivity contribution is 5.92. The minimum Gasteiger partial charge on any atom is -0.478 e. The number of carboxylic acid groups (broad SMARTS) is 1. The number of likely N-dealkylation sites (tertiary alicyclic amines) is 1. The van der Waals surface area contributed by atoms with Crippen molar-refractivity contribution in [3.63, 3.8) is 0 Å². The lowest BCUT2D eigenvalue weighted by Crippen LogP contribution is -2.64. The third-order valence-electron chi connectivity index (χ3n) is 18.5. The molecule has 6 atom stereocenters. The quantitative estimate of drug-likeness (QED) is 0.0152. The van der Waals surface area contributed by atoms with Gasteiger partial charge in [-0.15, -0.1) is 0 Å². The first-order chi connectivity index (χ1) is 48.8. The van der Waals surface area contributed by atoms with E-state index in [9.17, 15) is 38.7 Å². The van der Waals surface area contributed by atoms with Crippen LogP contribution in [0.4, 0.5) is 15.3 Å². The van der Waals surface area contributed by atoms with Crippen LogP contribution in [-0.2, 0) is 79.7 Å². The molecule has 1 unspecified atom stereocenters. The van der Waals surface area contributed by atoms with Gasteiger partial charge in [-0.25, -0.2) is 34.2 Å². The summed E-state index contributed by atoms with van der Waals surface area (Å²) < 4.78 is 60.3. The minimum absolute atomic E-state index is 0.0899. The molecule has 2 saturated heterocycles. The number of aromatic carboxylic acids is 1. The van der Waals surface area contributed by atoms with Gasteiger partial charge in [-0.2, -0.15) is 0 Å². The van der Waals surface area contributed by atoms with E-state index in [0.717, 1.165) is 89.9 Å². The fourth-order valence-electron chi connectivity index (χ4n) is 13.8. The number of carbonyl (C=O) groups excluding carboxylic acids is 7. The van der Waals surface area contributed by atoms with Gasteiger partial charge in [0.05, 0.1) is 39.4 Å². The number of hydrogen-bond acceptors (Lipinski definition) is 21. The lowest BCUT2D eigenvalue weighted by molar-refractivity contribution is -0.282. The van der Waals surface area contributed by atoms with Crippen molar-refractivity contribution in [3.8, 4) is 28.0 Å². The zero-order valence-corrected chi connectivity index (χ0v) is 57.4. The molecule has 4 aliphatic rings. The Morgan fingerprint density at radius 2 is 1.27 bits per heavy atom. The first kappa shape index (κ1) is 71.9. The van der Waals surface area contributed by atoms with Crippen molar-refractivity contribution in [1.29, 1.82) is 0 Å². The molecule has 0 radical (unpaired) electrons. The number of pyridine rings is 1. The van der Waals surface area contributed by atoms with Crippen LogP contribution in [0.5, 0.6) is 5.75 Å². The number of amides is 3. The molecule has 532 valence electrons. The summed E-state index contributed by atoms with van der Waals surface area (Å²) >= 11 is 0. The lowest BCUT2D eigenvalue weighted by Gasteiger charge is -2.43. The van der Waals surface area contributed by atoms with Gasteiger partial charge >= 0.3 is 42.0 Å². The largest absolute Gasteiger partial charge is 0.478 e. The van der Waals surface area contributed by atoms with Crippen LogP contribution in [0.1, 0.15) is 104 Å². The zero-order chi connectivity index (χ0) is 71.4. The third kappa shape index (κ3) is 16.4. The summed E-state index contributed by atoms with van der Waals surface area (Å²) in [5, 5.41) is 18.1. The van der Waals surface area contributed by atoms with Crippen molar-refractivity contribution in [2.24, 2.45) is 0 Å². The Balaban J connectivity index is 0.815. The summed E-state index contributed by atoms with van der Waals surface area (Å²) in [7, 11) is 4.50. The zero-order valence-electron chi connectivity index (χ0n) is 57.4. The summed E-state index contributed by atoms with van der Waals surface area (Å²) in [4.78, 5) is 116. The fraction of sp³-hybridized carbons (Fsp3) is 0.400. The van der Waals surface area contributed by atoms with E-state index < -0.39 is 102 Å². The second kappa shape index (κ2) is 32.7. The van der Waals surface area contributed by atoms with Crippen LogP contribution in [0.25, 0.3) is 33.3 Å². The molecule has 0 bridgehead atoms. The topological polar surface area (TPSA) is 292 Å². The maximum absolute atomic E-state index is 15.4. The molecule has 2 aliphatic heterocycles. The Labute approximate surface area is 584 Å². The number of fused-ring (bicyclic) bond motifs is 7. The first-order valence-electron chi connectivity index (χ1n) is 33.7. The van der Waals surface area contributed by atoms with Gasteiger partial charge in [0, 0.05) is 115 Å². The van der Waals surface area contributed by atoms with Crippen molar-refractivity contribution in [2.45, 2.75) is 121 Å². The van der Waals surface area contributed by atoms with Gasteiger partial charge < -0.3 is 72.2 Å². The van der Waals surface area contributed by atoms with E-state index >= 15 is 4.79 Å². The molecule has 2 aromatic heterocycles. The molecule has 0 saturated carbocycles. The minimum atomic E-state index is -1.92. The molecule has 2 N–H and O–H groups in total. The van der Waals surface area contributed by atoms with Gasteiger partial charge in [0.25, 0.3) is 0 Å². The van der Waals surface area contributed by atoms with E-state index in [1.165, 1.54) is 23.2 Å². The average molecular weight is 1390 g/mol. The number of piperidine rings is 1. The van der Waals surface area contributed by atoms with E-state index in [4.69, 9.17) is 52.4 Å². The molecule has 101 heavy (non-hydrogen) atoms. The lowest BCUT2D eigenvalue weighted by atomic mass is 9.94. The Kier molecular flexibility index (Phi) is 23.3. The number of nitrogens with zero attached hydrogens (tertiary/aromatic N) is 6. The molecular formula is C75H83N7O19. The summed E-state index contributed by atoms with van der Waals surface area (Å²) in [6.07, 6.45) is -8.10. The van der Waals surface area contributed by atoms with E-state index in [1.54, 1.807) is 35.1 Å². The Hall–Kier alpha value is -10.4. The van der Waals surface area contributed by atoms with Gasteiger partial charge in [-0.05, 0) is 94.1 Å². The normalized spacial score (nSPS) is 18.1. The highest BCUT2D eigenvalue weighted by Gasteiger charge is 2.56. The molecule has 2 aliphatic carbocycles. The van der Waals surface area contributed by atoms with E-state index in [-0.39, 0.29) is 63.4 Å². The number of hydrazine groups is 1. The van der Waals surface area contributed by atoms with Crippen molar-refractivity contribution in [3.05, 3.63) is 173 Å². The molecular weight excluding hydrogens is 1300 g/mol. The van der Waals surface area contributed by atoms with Crippen molar-refractivity contribution >= 4 is 64.7 Å². The Bertz CT molecular complexity index is 4080. The number of rotatable bonds is 28. The first-order valence-corrected chi connectivity index (χ1v) is 33.7. The average Bonchev–Trinajstić information content (AvgIpc) is 1.70. The van der Waals surface area contributed by atoms with Crippen LogP contribution in [0.3, 0.4) is 0 Å². The number of ether oxygens (including phenoxy) is 10. The molecule has 0 spiro atoms. The summed E-state index contributed by atoms with van der Waals surface area (Å²) in [6, 6.07) is 41.0. The number of carbonyl (C=O) groups is 8. The predicted octanol–water partition coefficient (Wildman–Crippen LogP) is 9.55. The fourth-order valence-corrected chi connectivity index (χ4v) is 13.8. The van der Waals surface area contributed by atoms with E-state index in [1.807, 2.05) is 102 Å². The number of aryl methyl sites for hydroxylation is 1. The predicted molar refractivity (Wildman–Crippen MR) is 366 cm³/mol. The van der Waals surface area contributed by atoms with Crippen molar-refractivity contribution in [1.82, 2.24) is 29.4 Å². The second-order valence-corrected chi connectivity index (χ2v) is 25.0. The number of nitrogens with one attached hydrogen (secondary N) is 1. The summed E-state index contributed by atoms with van der Waals surface area (Å²) in [5.41, 5.74) is 9.11. The third-order valence-corrected chi connectivity index (χ3v) is 18.5. The van der Waals surface area contributed by atoms with Crippen LogP contribution in [-0.4, -0.2) is 199 Å². The highest BCUT2D eigenvalue weighted by Crippen LogP contribution is 2.48.